The molecule has 7 nitrogen and oxygen atoms in total. The third-order valence-corrected chi connectivity index (χ3v) is 9.64. The molecular weight excluding hydrogens is 400 g/mol. The lowest BCUT2D eigenvalue weighted by Crippen LogP contribution is -2.49. The molecule has 2 atom stereocenters. The minimum absolute atomic E-state index is 0.0663. The van der Waals surface area contributed by atoms with Crippen LogP contribution < -0.4 is 0 Å². The first-order chi connectivity index (χ1) is 12.1. The fourth-order valence-electron chi connectivity index (χ4n) is 2.09. The Labute approximate surface area is 167 Å². The van der Waals surface area contributed by atoms with Crippen LogP contribution in [0.15, 0.2) is 12.7 Å². The quantitative estimate of drug-likeness (QED) is 0.111. The third-order valence-electron chi connectivity index (χ3n) is 3.01. The Bertz CT molecular complexity index is 472. The number of rotatable bonds is 14. The van der Waals surface area contributed by atoms with E-state index >= 15 is 0 Å². The molecule has 0 amide bonds. The molecule has 0 aromatic rings. The second-order valence-electron chi connectivity index (χ2n) is 9.09. The summed E-state index contributed by atoms with van der Waals surface area (Å²) in [5.41, 5.74) is -1.24. The fraction of sp³-hybridized carbons (Fsp3) is 0.824. The molecule has 2 unspecified atom stereocenters. The molecule has 0 bridgehead atoms. The van der Waals surface area contributed by atoms with Crippen LogP contribution in [0.4, 0.5) is 0 Å². The summed E-state index contributed by atoms with van der Waals surface area (Å²) in [6.45, 7) is 19.9. The van der Waals surface area contributed by atoms with Gasteiger partial charge in [-0.25, -0.2) is 4.79 Å². The Morgan fingerprint density at radius 2 is 1.63 bits per heavy atom. The zero-order valence-corrected chi connectivity index (χ0v) is 21.2. The summed E-state index contributed by atoms with van der Waals surface area (Å²) < 4.78 is 28.3. The molecule has 0 heterocycles. The zero-order valence-electron chi connectivity index (χ0n) is 18.2. The van der Waals surface area contributed by atoms with Crippen molar-refractivity contribution in [3.8, 4) is 0 Å². The van der Waals surface area contributed by atoms with E-state index in [1.807, 2.05) is 6.55 Å². The van der Waals surface area contributed by atoms with E-state index in [4.69, 9.17) is 22.7 Å². The molecule has 0 spiro atoms. The maximum Gasteiger partial charge on any atom is 0.360 e. The van der Waals surface area contributed by atoms with Gasteiger partial charge < -0.3 is 18.7 Å². The maximum atomic E-state index is 11.1. The van der Waals surface area contributed by atoms with Gasteiger partial charge >= 0.3 is 14.5 Å². The molecule has 0 aromatic heterocycles. The van der Waals surface area contributed by atoms with Crippen molar-refractivity contribution in [1.29, 1.82) is 0 Å². The van der Waals surface area contributed by atoms with E-state index in [1.54, 1.807) is 6.92 Å². The zero-order chi connectivity index (χ0) is 21.4. The average Bonchev–Trinajstić information content (AvgIpc) is 2.48. The topological polar surface area (TPSA) is 83.5 Å². The van der Waals surface area contributed by atoms with Crippen LogP contribution in [-0.2, 0) is 27.5 Å². The molecule has 0 aliphatic rings. The van der Waals surface area contributed by atoms with Crippen molar-refractivity contribution in [2.24, 2.45) is 0 Å². The van der Waals surface area contributed by atoms with Crippen LogP contribution in [-0.4, -0.2) is 61.7 Å². The lowest BCUT2D eigenvalue weighted by Gasteiger charge is -2.34. The minimum Gasteiger partial charge on any atom is -0.459 e. The van der Waals surface area contributed by atoms with Crippen LogP contribution in [0.1, 0.15) is 13.3 Å². The number of carbonyl (C=O) groups is 1. The van der Waals surface area contributed by atoms with Crippen LogP contribution in [0.5, 0.6) is 0 Å². The van der Waals surface area contributed by atoms with Crippen LogP contribution in [0.25, 0.3) is 0 Å². The van der Waals surface area contributed by atoms with Gasteiger partial charge in [0.25, 0.3) is 0 Å². The van der Waals surface area contributed by atoms with Gasteiger partial charge in [0.15, 0.2) is 8.32 Å². The number of hydrogen-bond donors (Lipinski definition) is 1. The first-order valence-corrected chi connectivity index (χ1v) is 18.6. The summed E-state index contributed by atoms with van der Waals surface area (Å²) in [5.74, 6) is -0.569. The van der Waals surface area contributed by atoms with Crippen LogP contribution in [0.3, 0.4) is 0 Å². The molecule has 160 valence electrons. The van der Waals surface area contributed by atoms with E-state index < -0.39 is 36.8 Å². The summed E-state index contributed by atoms with van der Waals surface area (Å²) in [7, 11) is -6.06. The second-order valence-corrected chi connectivity index (χ2v) is 21.5. The molecule has 1 N–H and O–H groups in total. The highest BCUT2D eigenvalue weighted by Gasteiger charge is 2.39. The normalized spacial score (nSPS) is 17.1. The van der Waals surface area contributed by atoms with Gasteiger partial charge in [0.1, 0.15) is 12.2 Å². The summed E-state index contributed by atoms with van der Waals surface area (Å²) in [5, 5.41) is 10.2. The van der Waals surface area contributed by atoms with E-state index in [1.165, 1.54) is 0 Å². The molecule has 0 aliphatic heterocycles. The molecule has 0 radical (unpaired) electrons. The lowest BCUT2D eigenvalue weighted by molar-refractivity contribution is -0.148. The number of hydrogen-bond acceptors (Lipinski definition) is 7. The van der Waals surface area contributed by atoms with E-state index in [9.17, 15) is 9.90 Å². The van der Waals surface area contributed by atoms with E-state index in [-0.39, 0.29) is 13.2 Å². The molecule has 0 fully saturated rings. The number of carbonyl (C=O) groups excluding carboxylic acids is 1. The first-order valence-electron chi connectivity index (χ1n) is 9.24. The van der Waals surface area contributed by atoms with Crippen molar-refractivity contribution in [3.05, 3.63) is 12.7 Å². The van der Waals surface area contributed by atoms with Crippen molar-refractivity contribution in [3.63, 3.8) is 0 Å². The van der Waals surface area contributed by atoms with Gasteiger partial charge in [-0.2, -0.15) is 0 Å². The van der Waals surface area contributed by atoms with E-state index in [2.05, 4.69) is 45.9 Å². The Morgan fingerprint density at radius 3 is 2.11 bits per heavy atom. The summed E-state index contributed by atoms with van der Waals surface area (Å²) in [4.78, 5) is 11.1. The van der Waals surface area contributed by atoms with Gasteiger partial charge in [-0.05, 0) is 65.2 Å². The third kappa shape index (κ3) is 15.3. The Morgan fingerprint density at radius 1 is 1.04 bits per heavy atom. The Balaban J connectivity index is 4.43. The highest BCUT2D eigenvalue weighted by molar-refractivity contribution is 6.82. The molecule has 27 heavy (non-hydrogen) atoms. The fourth-order valence-corrected chi connectivity index (χ4v) is 10.4. The van der Waals surface area contributed by atoms with Gasteiger partial charge in [-0.1, -0.05) is 6.58 Å². The molecular formula is C17H38O7Si3. The van der Waals surface area contributed by atoms with Crippen molar-refractivity contribution >= 4 is 31.2 Å². The summed E-state index contributed by atoms with van der Waals surface area (Å²) >= 11 is 0. The van der Waals surface area contributed by atoms with E-state index in [0.717, 1.165) is 18.5 Å². The minimum atomic E-state index is -2.47. The summed E-state index contributed by atoms with van der Waals surface area (Å²) in [6.07, 6.45) is 1.79. The van der Waals surface area contributed by atoms with Crippen LogP contribution in [0, 0.1) is 0 Å². The average molecular weight is 439 g/mol. The second kappa shape index (κ2) is 11.0. The van der Waals surface area contributed by atoms with Gasteiger partial charge in [0.2, 0.25) is 8.32 Å². The predicted octanol–water partition coefficient (Wildman–Crippen LogP) is 3.58. The van der Waals surface area contributed by atoms with E-state index in [0.29, 0.717) is 6.61 Å². The molecule has 10 heteroatoms. The standard InChI is InChI=1S/C17H38O7Si3/c1-10-16(18)21-15-17(2,19)14-20-12-11-13-27(9,24-26(6,7)8)23-22-25(3,4)5/h10,19H,1,11-15H2,2-9H3. The highest BCUT2D eigenvalue weighted by atomic mass is 28.4. The largest absolute Gasteiger partial charge is 0.459 e. The first kappa shape index (κ1) is 26.7. The van der Waals surface area contributed by atoms with Crippen molar-refractivity contribution < 1.29 is 32.6 Å². The summed E-state index contributed by atoms with van der Waals surface area (Å²) in [6, 6.07) is 0.731. The molecule has 0 rings (SSSR count). The van der Waals surface area contributed by atoms with Crippen molar-refractivity contribution in [2.75, 3.05) is 19.8 Å². The smallest absolute Gasteiger partial charge is 0.360 e. The monoisotopic (exact) mass is 438 g/mol. The van der Waals surface area contributed by atoms with Gasteiger partial charge in [0.05, 0.1) is 6.61 Å². The lowest BCUT2D eigenvalue weighted by atomic mass is 10.1. The van der Waals surface area contributed by atoms with Crippen LogP contribution >= 0.6 is 0 Å². The van der Waals surface area contributed by atoms with Crippen LogP contribution in [0.2, 0.25) is 51.9 Å². The SMILES string of the molecule is C=CC(=O)OCC(C)(O)COCCC[Si](C)(OO[Si](C)(C)C)O[Si](C)(C)C. The van der Waals surface area contributed by atoms with Crippen molar-refractivity contribution in [2.45, 2.75) is 70.8 Å². The Kier molecular flexibility index (Phi) is 10.9. The number of ether oxygens (including phenoxy) is 2. The molecule has 0 aliphatic carbocycles. The Hall–Kier alpha value is -0.339. The number of esters is 1. The molecule has 0 saturated heterocycles. The molecule has 0 saturated carbocycles. The highest BCUT2D eigenvalue weighted by Crippen LogP contribution is 2.23. The number of aliphatic hydroxyl groups is 1. The van der Waals surface area contributed by atoms with Gasteiger partial charge in [-0.3, -0.25) is 9.15 Å². The predicted molar refractivity (Wildman–Crippen MR) is 114 cm³/mol. The van der Waals surface area contributed by atoms with Gasteiger partial charge in [-0.15, -0.1) is 0 Å². The maximum absolute atomic E-state index is 11.1. The van der Waals surface area contributed by atoms with Crippen molar-refractivity contribution in [1.82, 2.24) is 0 Å². The molecule has 0 aromatic carbocycles. The van der Waals surface area contributed by atoms with Gasteiger partial charge in [0, 0.05) is 12.7 Å².